The van der Waals surface area contributed by atoms with Crippen LogP contribution in [0.5, 0.6) is 11.5 Å². The van der Waals surface area contributed by atoms with Gasteiger partial charge in [0.25, 0.3) is 0 Å². The Morgan fingerprint density at radius 2 is 2.11 bits per heavy atom. The van der Waals surface area contributed by atoms with Crippen molar-refractivity contribution in [1.82, 2.24) is 19.7 Å². The average Bonchev–Trinajstić information content (AvgIpc) is 3.28. The molecule has 1 aromatic carbocycles. The lowest BCUT2D eigenvalue weighted by Crippen LogP contribution is -2.34. The number of fused-ring (bicyclic) bond motifs is 1. The largest absolute Gasteiger partial charge is 0.486 e. The van der Waals surface area contributed by atoms with E-state index in [2.05, 4.69) is 31.9 Å². The lowest BCUT2D eigenvalue weighted by atomic mass is 10.2. The Kier molecular flexibility index (Phi) is 5.72. The second-order valence-electron chi connectivity index (χ2n) is 6.87. The van der Waals surface area contributed by atoms with Crippen molar-refractivity contribution in [3.05, 3.63) is 24.0 Å². The van der Waals surface area contributed by atoms with Crippen LogP contribution >= 0.6 is 11.8 Å². The number of benzene rings is 1. The highest BCUT2D eigenvalue weighted by Gasteiger charge is 2.31. The van der Waals surface area contributed by atoms with Crippen molar-refractivity contribution < 1.29 is 14.3 Å². The molecule has 9 heteroatoms. The van der Waals surface area contributed by atoms with Crippen molar-refractivity contribution in [2.45, 2.75) is 31.0 Å². The number of ether oxygens (including phenoxy) is 2. The zero-order valence-corrected chi connectivity index (χ0v) is 17.0. The molecule has 8 nitrogen and oxygen atoms in total. The van der Waals surface area contributed by atoms with Crippen LogP contribution in [0.15, 0.2) is 23.4 Å². The van der Waals surface area contributed by atoms with Crippen LogP contribution < -0.4 is 14.8 Å². The summed E-state index contributed by atoms with van der Waals surface area (Å²) in [6, 6.07) is 5.60. The molecule has 2 aliphatic rings. The predicted octanol–water partition coefficient (Wildman–Crippen LogP) is 2.47. The number of anilines is 1. The summed E-state index contributed by atoms with van der Waals surface area (Å²) in [7, 11) is 2.00. The zero-order valence-electron chi connectivity index (χ0n) is 16.2. The van der Waals surface area contributed by atoms with Crippen LogP contribution in [-0.4, -0.2) is 57.6 Å². The maximum Gasteiger partial charge on any atom is 0.238 e. The number of thioether (sulfide) groups is 1. The molecule has 0 radical (unpaired) electrons. The van der Waals surface area contributed by atoms with Crippen LogP contribution in [0.4, 0.5) is 5.69 Å². The van der Waals surface area contributed by atoms with E-state index in [1.54, 1.807) is 11.8 Å². The topological polar surface area (TPSA) is 81.5 Å². The minimum Gasteiger partial charge on any atom is -0.486 e. The number of nitrogens with zero attached hydrogens (tertiary/aromatic N) is 4. The van der Waals surface area contributed by atoms with Crippen molar-refractivity contribution >= 4 is 23.4 Å². The number of amides is 1. The third kappa shape index (κ3) is 3.95. The van der Waals surface area contributed by atoms with Gasteiger partial charge in [-0.05, 0) is 37.3 Å². The van der Waals surface area contributed by atoms with Crippen LogP contribution in [0.25, 0.3) is 0 Å². The Morgan fingerprint density at radius 3 is 2.93 bits per heavy atom. The second-order valence-corrected chi connectivity index (χ2v) is 8.10. The first-order valence-electron chi connectivity index (χ1n) is 9.61. The van der Waals surface area contributed by atoms with E-state index < -0.39 is 0 Å². The van der Waals surface area contributed by atoms with Gasteiger partial charge in [-0.25, -0.2) is 0 Å². The fourth-order valence-electron chi connectivity index (χ4n) is 3.68. The van der Waals surface area contributed by atoms with Gasteiger partial charge in [0.15, 0.2) is 22.5 Å². The first-order chi connectivity index (χ1) is 13.7. The van der Waals surface area contributed by atoms with Crippen molar-refractivity contribution in [2.75, 3.05) is 37.4 Å². The number of hydrogen-bond donors (Lipinski definition) is 1. The van der Waals surface area contributed by atoms with E-state index >= 15 is 0 Å². The van der Waals surface area contributed by atoms with E-state index in [4.69, 9.17) is 9.47 Å². The Morgan fingerprint density at radius 1 is 1.29 bits per heavy atom. The SMILES string of the molecule is CCSc1nnc(C2CCCN2CC(=O)Nc2ccc3c(c2)OCCO3)n1C. The van der Waals surface area contributed by atoms with Gasteiger partial charge < -0.3 is 19.4 Å². The number of rotatable bonds is 6. The van der Waals surface area contributed by atoms with E-state index in [-0.39, 0.29) is 11.9 Å². The molecule has 1 N–H and O–H groups in total. The number of carbonyl (C=O) groups excluding carboxylic acids is 1. The normalized spacial score (nSPS) is 19.0. The minimum absolute atomic E-state index is 0.0473. The van der Waals surface area contributed by atoms with Gasteiger partial charge in [-0.15, -0.1) is 10.2 Å². The highest BCUT2D eigenvalue weighted by molar-refractivity contribution is 7.99. The van der Waals surface area contributed by atoms with Crippen LogP contribution in [-0.2, 0) is 11.8 Å². The molecule has 2 aromatic rings. The Bertz CT molecular complexity index is 856. The summed E-state index contributed by atoms with van der Waals surface area (Å²) in [5, 5.41) is 12.6. The fourth-order valence-corrected chi connectivity index (χ4v) is 4.33. The second kappa shape index (κ2) is 8.40. The summed E-state index contributed by atoms with van der Waals surface area (Å²) in [5.41, 5.74) is 0.713. The number of nitrogens with one attached hydrogen (secondary N) is 1. The quantitative estimate of drug-likeness (QED) is 0.742. The summed E-state index contributed by atoms with van der Waals surface area (Å²) in [4.78, 5) is 14.8. The van der Waals surface area contributed by atoms with Gasteiger partial charge in [-0.2, -0.15) is 0 Å². The molecule has 28 heavy (non-hydrogen) atoms. The maximum absolute atomic E-state index is 12.6. The minimum atomic E-state index is -0.0473. The van der Waals surface area contributed by atoms with E-state index in [1.165, 1.54) is 0 Å². The van der Waals surface area contributed by atoms with Crippen LogP contribution in [0.3, 0.4) is 0 Å². The molecular formula is C19H25N5O3S. The predicted molar refractivity (Wildman–Crippen MR) is 107 cm³/mol. The van der Waals surface area contributed by atoms with Gasteiger partial charge >= 0.3 is 0 Å². The van der Waals surface area contributed by atoms with Gasteiger partial charge in [0.1, 0.15) is 13.2 Å². The van der Waals surface area contributed by atoms with E-state index in [1.807, 2.05) is 25.2 Å². The van der Waals surface area contributed by atoms with Crippen molar-refractivity contribution in [2.24, 2.45) is 7.05 Å². The van der Waals surface area contributed by atoms with E-state index in [0.717, 1.165) is 36.1 Å². The molecule has 0 saturated carbocycles. The summed E-state index contributed by atoms with van der Waals surface area (Å²) in [5.74, 6) is 3.22. The van der Waals surface area contributed by atoms with E-state index in [0.29, 0.717) is 36.9 Å². The number of hydrogen-bond acceptors (Lipinski definition) is 7. The van der Waals surface area contributed by atoms with Crippen LogP contribution in [0.2, 0.25) is 0 Å². The van der Waals surface area contributed by atoms with Crippen molar-refractivity contribution in [3.63, 3.8) is 0 Å². The third-order valence-electron chi connectivity index (χ3n) is 4.98. The third-order valence-corrected chi connectivity index (χ3v) is 5.88. The van der Waals surface area contributed by atoms with Crippen LogP contribution in [0, 0.1) is 0 Å². The molecule has 0 bridgehead atoms. The summed E-state index contributed by atoms with van der Waals surface area (Å²) in [6.07, 6.45) is 2.03. The highest BCUT2D eigenvalue weighted by atomic mass is 32.2. The lowest BCUT2D eigenvalue weighted by molar-refractivity contribution is -0.117. The number of likely N-dealkylation sites (tertiary alicyclic amines) is 1. The molecule has 2 aliphatic heterocycles. The molecule has 3 heterocycles. The zero-order chi connectivity index (χ0) is 19.5. The highest BCUT2D eigenvalue weighted by Crippen LogP contribution is 2.34. The molecule has 1 atom stereocenters. The van der Waals surface area contributed by atoms with Gasteiger partial charge in [0, 0.05) is 18.8 Å². The maximum atomic E-state index is 12.6. The van der Waals surface area contributed by atoms with Crippen molar-refractivity contribution in [1.29, 1.82) is 0 Å². The Hall–Kier alpha value is -2.26. The smallest absolute Gasteiger partial charge is 0.238 e. The van der Waals surface area contributed by atoms with Crippen molar-refractivity contribution in [3.8, 4) is 11.5 Å². The monoisotopic (exact) mass is 403 g/mol. The first-order valence-corrected chi connectivity index (χ1v) is 10.6. The molecule has 1 aromatic heterocycles. The molecule has 1 saturated heterocycles. The van der Waals surface area contributed by atoms with Gasteiger partial charge in [-0.3, -0.25) is 9.69 Å². The molecule has 150 valence electrons. The summed E-state index contributed by atoms with van der Waals surface area (Å²) >= 11 is 1.68. The van der Waals surface area contributed by atoms with Gasteiger partial charge in [0.2, 0.25) is 5.91 Å². The molecule has 1 fully saturated rings. The first kappa shape index (κ1) is 19.1. The summed E-state index contributed by atoms with van der Waals surface area (Å²) in [6.45, 7) is 4.37. The molecule has 1 unspecified atom stereocenters. The molecule has 4 rings (SSSR count). The standard InChI is InChI=1S/C19H25N5O3S/c1-3-28-19-22-21-18(23(19)2)14-5-4-8-24(14)12-17(25)20-13-6-7-15-16(11-13)27-10-9-26-15/h6-7,11,14H,3-5,8-10,12H2,1-2H3,(H,20,25). The molecule has 0 aliphatic carbocycles. The molecule has 0 spiro atoms. The van der Waals surface area contributed by atoms with Gasteiger partial charge in [0.05, 0.1) is 12.6 Å². The fraction of sp³-hybridized carbons (Fsp3) is 0.526. The molecular weight excluding hydrogens is 378 g/mol. The number of carbonyl (C=O) groups is 1. The van der Waals surface area contributed by atoms with E-state index in [9.17, 15) is 4.79 Å². The lowest BCUT2D eigenvalue weighted by Gasteiger charge is -2.23. The summed E-state index contributed by atoms with van der Waals surface area (Å²) < 4.78 is 13.2. The Balaban J connectivity index is 1.41. The van der Waals surface area contributed by atoms with Gasteiger partial charge in [-0.1, -0.05) is 18.7 Å². The van der Waals surface area contributed by atoms with Crippen LogP contribution in [0.1, 0.15) is 31.6 Å². The number of aromatic nitrogens is 3. The molecule has 1 amide bonds. The average molecular weight is 404 g/mol. The Labute approximate surface area is 168 Å².